The van der Waals surface area contributed by atoms with Gasteiger partial charge in [0, 0.05) is 12.3 Å². The van der Waals surface area contributed by atoms with Gasteiger partial charge in [0.2, 0.25) is 0 Å². The van der Waals surface area contributed by atoms with E-state index in [1.165, 1.54) is 18.2 Å². The quantitative estimate of drug-likeness (QED) is 0.741. The van der Waals surface area contributed by atoms with Crippen molar-refractivity contribution >= 4 is 5.69 Å². The zero-order chi connectivity index (χ0) is 11.5. The summed E-state index contributed by atoms with van der Waals surface area (Å²) in [5, 5.41) is 17.9. The Kier molecular flexibility index (Phi) is 3.28. The van der Waals surface area contributed by atoms with Crippen molar-refractivity contribution in [2.45, 2.75) is 18.8 Å². The average molecular weight is 208 g/mol. The zero-order valence-corrected chi connectivity index (χ0v) is 8.50. The van der Waals surface area contributed by atoms with E-state index in [4.69, 9.17) is 16.1 Å². The topological polar surface area (TPSA) is 70.0 Å². The van der Waals surface area contributed by atoms with Gasteiger partial charge in [0.25, 0.3) is 0 Å². The van der Waals surface area contributed by atoms with Crippen LogP contribution in [0.5, 0.6) is 0 Å². The van der Waals surface area contributed by atoms with Crippen molar-refractivity contribution in [2.24, 2.45) is 0 Å². The summed E-state index contributed by atoms with van der Waals surface area (Å²) in [7, 11) is 0. The van der Waals surface area contributed by atoms with Crippen LogP contribution in [0.2, 0.25) is 0 Å². The van der Waals surface area contributed by atoms with E-state index in [1.807, 2.05) is 0 Å². The van der Waals surface area contributed by atoms with Crippen molar-refractivity contribution in [1.29, 1.82) is 5.26 Å². The lowest BCUT2D eigenvalue weighted by molar-refractivity contribution is 0.264. The van der Waals surface area contributed by atoms with Crippen molar-refractivity contribution in [1.82, 2.24) is 0 Å². The number of halogens is 1. The third-order valence-corrected chi connectivity index (χ3v) is 2.47. The molecule has 80 valence electrons. The zero-order valence-electron chi connectivity index (χ0n) is 8.50. The summed E-state index contributed by atoms with van der Waals surface area (Å²) in [6.45, 7) is 1.49. The summed E-state index contributed by atoms with van der Waals surface area (Å²) >= 11 is 0. The highest BCUT2D eigenvalue weighted by atomic mass is 19.1. The van der Waals surface area contributed by atoms with Crippen LogP contribution in [-0.2, 0) is 5.41 Å². The van der Waals surface area contributed by atoms with Crippen LogP contribution in [-0.4, -0.2) is 11.7 Å². The van der Waals surface area contributed by atoms with E-state index in [1.54, 1.807) is 6.92 Å². The van der Waals surface area contributed by atoms with E-state index in [0.29, 0.717) is 11.3 Å². The molecule has 1 atom stereocenters. The molecule has 0 radical (unpaired) electrons. The number of anilines is 1. The Morgan fingerprint density at radius 2 is 2.27 bits per heavy atom. The van der Waals surface area contributed by atoms with Gasteiger partial charge in [-0.2, -0.15) is 5.26 Å². The second-order valence-electron chi connectivity index (χ2n) is 3.65. The number of nitrogens with zero attached hydrogens (tertiary/aromatic N) is 1. The Balaban J connectivity index is 3.24. The molecule has 3 nitrogen and oxygen atoms in total. The molecule has 0 bridgehead atoms. The van der Waals surface area contributed by atoms with Gasteiger partial charge in [0.05, 0.1) is 11.5 Å². The molecule has 0 amide bonds. The number of hydrogen-bond acceptors (Lipinski definition) is 3. The molecule has 1 rings (SSSR count). The molecule has 0 heterocycles. The van der Waals surface area contributed by atoms with Gasteiger partial charge >= 0.3 is 0 Å². The predicted octanol–water partition coefficient (Wildman–Crippen LogP) is 1.57. The van der Waals surface area contributed by atoms with E-state index in [2.05, 4.69) is 6.07 Å². The monoisotopic (exact) mass is 208 g/mol. The SMILES string of the molecule is CC(C#N)(CCO)c1cc(F)ccc1N. The van der Waals surface area contributed by atoms with Gasteiger partial charge in [-0.3, -0.25) is 0 Å². The highest BCUT2D eigenvalue weighted by Gasteiger charge is 2.28. The highest BCUT2D eigenvalue weighted by Crippen LogP contribution is 2.31. The molecule has 0 aliphatic rings. The van der Waals surface area contributed by atoms with Gasteiger partial charge < -0.3 is 10.8 Å². The number of hydrogen-bond donors (Lipinski definition) is 2. The van der Waals surface area contributed by atoms with E-state index < -0.39 is 11.2 Å². The lowest BCUT2D eigenvalue weighted by atomic mass is 9.80. The van der Waals surface area contributed by atoms with Crippen molar-refractivity contribution < 1.29 is 9.50 Å². The maximum absolute atomic E-state index is 13.0. The minimum absolute atomic E-state index is 0.139. The van der Waals surface area contributed by atoms with Crippen LogP contribution in [0, 0.1) is 17.1 Å². The Labute approximate surface area is 87.9 Å². The minimum Gasteiger partial charge on any atom is -0.398 e. The van der Waals surface area contributed by atoms with Gasteiger partial charge in [0.15, 0.2) is 0 Å². The second-order valence-corrected chi connectivity index (χ2v) is 3.65. The van der Waals surface area contributed by atoms with Crippen LogP contribution in [0.3, 0.4) is 0 Å². The smallest absolute Gasteiger partial charge is 0.123 e. The van der Waals surface area contributed by atoms with Gasteiger partial charge in [-0.05, 0) is 37.1 Å². The first kappa shape index (κ1) is 11.5. The fourth-order valence-electron chi connectivity index (χ4n) is 1.48. The molecular formula is C11H13FN2O. The van der Waals surface area contributed by atoms with E-state index >= 15 is 0 Å². The summed E-state index contributed by atoms with van der Waals surface area (Å²) in [5.41, 5.74) is 5.54. The predicted molar refractivity (Wildman–Crippen MR) is 55.5 cm³/mol. The van der Waals surface area contributed by atoms with Crippen molar-refractivity contribution in [3.63, 3.8) is 0 Å². The summed E-state index contributed by atoms with van der Waals surface area (Å²) in [4.78, 5) is 0. The maximum Gasteiger partial charge on any atom is 0.123 e. The molecule has 0 saturated heterocycles. The minimum atomic E-state index is -0.944. The van der Waals surface area contributed by atoms with Gasteiger partial charge in [-0.25, -0.2) is 4.39 Å². The van der Waals surface area contributed by atoms with Gasteiger partial charge in [-0.1, -0.05) is 0 Å². The van der Waals surface area contributed by atoms with Crippen LogP contribution in [0.25, 0.3) is 0 Å². The molecular weight excluding hydrogens is 195 g/mol. The number of nitrogens with two attached hydrogens (primary N) is 1. The summed E-state index contributed by atoms with van der Waals surface area (Å²) in [6, 6.07) is 5.98. The Bertz CT molecular complexity index is 400. The first-order valence-electron chi connectivity index (χ1n) is 4.61. The lowest BCUT2D eigenvalue weighted by Crippen LogP contribution is -2.23. The molecule has 0 aromatic heterocycles. The van der Waals surface area contributed by atoms with Crippen LogP contribution < -0.4 is 5.73 Å². The van der Waals surface area contributed by atoms with Gasteiger partial charge in [0.1, 0.15) is 5.82 Å². The van der Waals surface area contributed by atoms with Gasteiger partial charge in [-0.15, -0.1) is 0 Å². The molecule has 1 aromatic carbocycles. The van der Waals surface area contributed by atoms with Crippen LogP contribution in [0.15, 0.2) is 18.2 Å². The molecule has 4 heteroatoms. The molecule has 0 fully saturated rings. The fourth-order valence-corrected chi connectivity index (χ4v) is 1.48. The molecule has 0 spiro atoms. The molecule has 0 saturated carbocycles. The third-order valence-electron chi connectivity index (χ3n) is 2.47. The van der Waals surface area contributed by atoms with E-state index in [0.717, 1.165) is 0 Å². The number of nitrogen functional groups attached to an aromatic ring is 1. The third kappa shape index (κ3) is 2.25. The summed E-state index contributed by atoms with van der Waals surface area (Å²) in [5.74, 6) is -0.432. The largest absolute Gasteiger partial charge is 0.398 e. The lowest BCUT2D eigenvalue weighted by Gasteiger charge is -2.22. The number of nitriles is 1. The maximum atomic E-state index is 13.0. The standard InChI is InChI=1S/C11H13FN2O/c1-11(7-13,4-5-15)9-6-8(12)2-3-10(9)14/h2-3,6,15H,4-5,14H2,1H3. The molecule has 1 aromatic rings. The van der Waals surface area contributed by atoms with Crippen LogP contribution in [0.1, 0.15) is 18.9 Å². The van der Waals surface area contributed by atoms with Crippen LogP contribution in [0.4, 0.5) is 10.1 Å². The molecule has 15 heavy (non-hydrogen) atoms. The Hall–Kier alpha value is -1.60. The number of aliphatic hydroxyl groups excluding tert-OH is 1. The van der Waals surface area contributed by atoms with Crippen LogP contribution >= 0.6 is 0 Å². The second kappa shape index (κ2) is 4.28. The Morgan fingerprint density at radius 1 is 1.60 bits per heavy atom. The van der Waals surface area contributed by atoms with E-state index in [-0.39, 0.29) is 13.0 Å². The number of aliphatic hydroxyl groups is 1. The summed E-state index contributed by atoms with van der Waals surface area (Å²) < 4.78 is 13.0. The first-order valence-corrected chi connectivity index (χ1v) is 4.61. The normalized spacial score (nSPS) is 14.3. The molecule has 0 aliphatic heterocycles. The van der Waals surface area contributed by atoms with Crippen molar-refractivity contribution in [3.8, 4) is 6.07 Å². The average Bonchev–Trinajstić information content (AvgIpc) is 2.22. The van der Waals surface area contributed by atoms with Crippen molar-refractivity contribution in [2.75, 3.05) is 12.3 Å². The number of benzene rings is 1. The van der Waals surface area contributed by atoms with Crippen molar-refractivity contribution in [3.05, 3.63) is 29.6 Å². The Morgan fingerprint density at radius 3 is 2.80 bits per heavy atom. The van der Waals surface area contributed by atoms with E-state index in [9.17, 15) is 4.39 Å². The molecule has 3 N–H and O–H groups in total. The molecule has 1 unspecified atom stereocenters. The first-order chi connectivity index (χ1) is 7.03. The number of rotatable bonds is 3. The summed E-state index contributed by atoms with van der Waals surface area (Å²) in [6.07, 6.45) is 0.233. The fraction of sp³-hybridized carbons (Fsp3) is 0.364. The highest BCUT2D eigenvalue weighted by molar-refractivity contribution is 5.53. The molecule has 0 aliphatic carbocycles.